The van der Waals surface area contributed by atoms with Crippen LogP contribution < -0.4 is 10.6 Å². The summed E-state index contributed by atoms with van der Waals surface area (Å²) in [5.41, 5.74) is -0.0739. The minimum absolute atomic E-state index is 0.0171. The molecule has 0 unspecified atom stereocenters. The molecule has 2 N–H and O–H groups in total. The van der Waals surface area contributed by atoms with Crippen LogP contribution in [0.3, 0.4) is 0 Å². The molecule has 0 aliphatic heterocycles. The molecule has 0 spiro atoms. The van der Waals surface area contributed by atoms with E-state index in [1.807, 2.05) is 0 Å². The number of halogens is 4. The molecular weight excluding hydrogens is 329 g/mol. The average Bonchev–Trinajstić information content (AvgIpc) is 2.48. The monoisotopic (exact) mass is 338 g/mol. The fourth-order valence-corrected chi connectivity index (χ4v) is 1.95. The third kappa shape index (κ3) is 4.41. The summed E-state index contributed by atoms with van der Waals surface area (Å²) in [6, 6.07) is 8.13. The van der Waals surface area contributed by atoms with E-state index in [2.05, 4.69) is 16.6 Å². The lowest BCUT2D eigenvalue weighted by molar-refractivity contribution is -0.137. The Hall–Kier alpha value is -2.65. The Kier molecular flexibility index (Phi) is 4.82. The van der Waals surface area contributed by atoms with Gasteiger partial charge in [0.05, 0.1) is 10.6 Å². The molecule has 0 aliphatic rings. The number of hydrogen-bond acceptors (Lipinski definition) is 1. The predicted molar refractivity (Wildman–Crippen MR) is 83.5 cm³/mol. The molecule has 118 valence electrons. The maximum absolute atomic E-state index is 12.6. The molecule has 3 nitrogen and oxygen atoms in total. The van der Waals surface area contributed by atoms with Crippen LogP contribution in [0.4, 0.5) is 29.3 Å². The minimum Gasteiger partial charge on any atom is -0.308 e. The molecule has 0 bridgehead atoms. The van der Waals surface area contributed by atoms with Crippen molar-refractivity contribution in [3.05, 3.63) is 58.6 Å². The van der Waals surface area contributed by atoms with Gasteiger partial charge in [-0.3, -0.25) is 0 Å². The van der Waals surface area contributed by atoms with E-state index in [9.17, 15) is 18.0 Å². The molecule has 0 fully saturated rings. The van der Waals surface area contributed by atoms with Crippen LogP contribution in [0.5, 0.6) is 0 Å². The lowest BCUT2D eigenvalue weighted by Crippen LogP contribution is -2.19. The number of nitrogens with one attached hydrogen (secondary N) is 2. The smallest absolute Gasteiger partial charge is 0.308 e. The molecular formula is C16H10ClF3N2O. The van der Waals surface area contributed by atoms with E-state index in [-0.39, 0.29) is 5.69 Å². The first kappa shape index (κ1) is 16.7. The largest absolute Gasteiger partial charge is 0.416 e. The Balaban J connectivity index is 2.10. The second kappa shape index (κ2) is 6.63. The van der Waals surface area contributed by atoms with Gasteiger partial charge in [-0.05, 0) is 36.4 Å². The Morgan fingerprint density at radius 1 is 1.09 bits per heavy atom. The number of amides is 2. The third-order valence-corrected chi connectivity index (χ3v) is 3.16. The van der Waals surface area contributed by atoms with Gasteiger partial charge in [0, 0.05) is 16.9 Å². The number of hydrogen-bond donors (Lipinski definition) is 2. The number of alkyl halides is 3. The number of urea groups is 1. The summed E-state index contributed by atoms with van der Waals surface area (Å²) in [5.74, 6) is 2.35. The quantitative estimate of drug-likeness (QED) is 0.745. The Morgan fingerprint density at radius 3 is 2.35 bits per heavy atom. The summed E-state index contributed by atoms with van der Waals surface area (Å²) >= 11 is 5.85. The zero-order chi connectivity index (χ0) is 17.0. The Labute approximate surface area is 135 Å². The van der Waals surface area contributed by atoms with Crippen molar-refractivity contribution >= 4 is 29.0 Å². The van der Waals surface area contributed by atoms with Crippen LogP contribution in [-0.4, -0.2) is 6.03 Å². The number of benzene rings is 2. The first-order chi connectivity index (χ1) is 10.8. The first-order valence-electron chi connectivity index (χ1n) is 6.31. The van der Waals surface area contributed by atoms with Gasteiger partial charge in [0.25, 0.3) is 0 Å². The van der Waals surface area contributed by atoms with Gasteiger partial charge in [-0.1, -0.05) is 23.6 Å². The van der Waals surface area contributed by atoms with Gasteiger partial charge in [0.1, 0.15) is 0 Å². The molecule has 0 saturated heterocycles. The van der Waals surface area contributed by atoms with E-state index in [0.29, 0.717) is 16.3 Å². The van der Waals surface area contributed by atoms with Gasteiger partial charge in [0.15, 0.2) is 0 Å². The van der Waals surface area contributed by atoms with Crippen LogP contribution in [0.25, 0.3) is 0 Å². The molecule has 0 saturated carbocycles. The number of carbonyl (C=O) groups excluding carboxylic acids is 1. The number of carbonyl (C=O) groups is 1. The topological polar surface area (TPSA) is 41.1 Å². The SMILES string of the molecule is C#Cc1cc(NC(=O)Nc2cccc(C(F)(F)F)c2)ccc1Cl. The van der Waals surface area contributed by atoms with Gasteiger partial charge >= 0.3 is 12.2 Å². The number of anilines is 2. The van der Waals surface area contributed by atoms with E-state index >= 15 is 0 Å². The predicted octanol–water partition coefficient (Wildman–Crippen LogP) is 4.98. The summed E-state index contributed by atoms with van der Waals surface area (Å²) in [7, 11) is 0. The highest BCUT2D eigenvalue weighted by atomic mass is 35.5. The lowest BCUT2D eigenvalue weighted by Gasteiger charge is -2.11. The standard InChI is InChI=1S/C16H10ClF3N2O/c1-2-10-8-13(6-7-14(10)17)22-15(23)21-12-5-3-4-11(9-12)16(18,19)20/h1,3-9H,(H2,21,22,23). The van der Waals surface area contributed by atoms with Crippen molar-refractivity contribution in [2.24, 2.45) is 0 Å². The van der Waals surface area contributed by atoms with Crippen LogP contribution in [0.15, 0.2) is 42.5 Å². The van der Waals surface area contributed by atoms with E-state index in [4.69, 9.17) is 18.0 Å². The van der Waals surface area contributed by atoms with Gasteiger partial charge in [-0.25, -0.2) is 4.79 Å². The van der Waals surface area contributed by atoms with Crippen LogP contribution in [0.1, 0.15) is 11.1 Å². The fourth-order valence-electron chi connectivity index (χ4n) is 1.78. The van der Waals surface area contributed by atoms with Crippen molar-refractivity contribution < 1.29 is 18.0 Å². The average molecular weight is 339 g/mol. The highest BCUT2D eigenvalue weighted by Crippen LogP contribution is 2.30. The molecule has 0 heterocycles. The van der Waals surface area contributed by atoms with E-state index < -0.39 is 17.8 Å². The lowest BCUT2D eigenvalue weighted by atomic mass is 10.2. The molecule has 0 atom stereocenters. The molecule has 0 aromatic heterocycles. The molecule has 2 amide bonds. The maximum Gasteiger partial charge on any atom is 0.416 e. The second-order valence-corrected chi connectivity index (χ2v) is 4.90. The van der Waals surface area contributed by atoms with Crippen LogP contribution in [0.2, 0.25) is 5.02 Å². The van der Waals surface area contributed by atoms with Gasteiger partial charge in [-0.2, -0.15) is 13.2 Å². The molecule has 2 rings (SSSR count). The van der Waals surface area contributed by atoms with Crippen molar-refractivity contribution in [3.63, 3.8) is 0 Å². The second-order valence-electron chi connectivity index (χ2n) is 4.50. The normalized spacial score (nSPS) is 10.7. The molecule has 2 aromatic carbocycles. The highest BCUT2D eigenvalue weighted by molar-refractivity contribution is 6.31. The van der Waals surface area contributed by atoms with Crippen LogP contribution in [0, 0.1) is 12.3 Å². The summed E-state index contributed by atoms with van der Waals surface area (Å²) in [6.45, 7) is 0. The van der Waals surface area contributed by atoms with Crippen LogP contribution >= 0.6 is 11.6 Å². The summed E-state index contributed by atoms with van der Waals surface area (Å²) in [6.07, 6.45) is 0.782. The van der Waals surface area contributed by atoms with Crippen molar-refractivity contribution in [3.8, 4) is 12.3 Å². The Bertz CT molecular complexity index is 782. The summed E-state index contributed by atoms with van der Waals surface area (Å²) in [4.78, 5) is 11.8. The van der Waals surface area contributed by atoms with Gasteiger partial charge in [0.2, 0.25) is 0 Å². The molecule has 23 heavy (non-hydrogen) atoms. The molecule has 0 radical (unpaired) electrons. The zero-order valence-corrected chi connectivity index (χ0v) is 12.3. The molecule has 2 aromatic rings. The van der Waals surface area contributed by atoms with Crippen molar-refractivity contribution in [1.82, 2.24) is 0 Å². The maximum atomic E-state index is 12.6. The third-order valence-electron chi connectivity index (χ3n) is 2.83. The van der Waals surface area contributed by atoms with Crippen molar-refractivity contribution in [2.75, 3.05) is 10.6 Å². The van der Waals surface area contributed by atoms with Crippen LogP contribution in [-0.2, 0) is 6.18 Å². The minimum atomic E-state index is -4.48. The Morgan fingerprint density at radius 2 is 1.74 bits per heavy atom. The van der Waals surface area contributed by atoms with E-state index in [1.54, 1.807) is 0 Å². The van der Waals surface area contributed by atoms with E-state index in [1.165, 1.54) is 30.3 Å². The summed E-state index contributed by atoms with van der Waals surface area (Å²) in [5, 5.41) is 5.14. The summed E-state index contributed by atoms with van der Waals surface area (Å²) < 4.78 is 37.8. The van der Waals surface area contributed by atoms with Crippen molar-refractivity contribution in [1.29, 1.82) is 0 Å². The van der Waals surface area contributed by atoms with Gasteiger partial charge in [-0.15, -0.1) is 6.42 Å². The van der Waals surface area contributed by atoms with E-state index in [0.717, 1.165) is 12.1 Å². The highest BCUT2D eigenvalue weighted by Gasteiger charge is 2.30. The zero-order valence-electron chi connectivity index (χ0n) is 11.5. The number of terminal acetylenes is 1. The molecule has 0 aliphatic carbocycles. The van der Waals surface area contributed by atoms with Crippen molar-refractivity contribution in [2.45, 2.75) is 6.18 Å². The fraction of sp³-hybridized carbons (Fsp3) is 0.0625. The first-order valence-corrected chi connectivity index (χ1v) is 6.69. The molecule has 7 heteroatoms. The number of rotatable bonds is 2. The van der Waals surface area contributed by atoms with Gasteiger partial charge < -0.3 is 10.6 Å².